The fraction of sp³-hybridized carbons (Fsp3) is 0. The van der Waals surface area contributed by atoms with Gasteiger partial charge in [-0.05, 0) is 23.6 Å². The van der Waals surface area contributed by atoms with Gasteiger partial charge in [0.25, 0.3) is 0 Å². The van der Waals surface area contributed by atoms with Crippen molar-refractivity contribution in [3.63, 3.8) is 0 Å². The molecule has 1 aliphatic rings. The normalized spacial score (nSPS) is 16.9. The highest BCUT2D eigenvalue weighted by atomic mass is 16.6. The van der Waals surface area contributed by atoms with Crippen LogP contribution in [-0.4, -0.2) is 4.98 Å². The number of hydroxylamine groups is 1. The molecule has 0 fully saturated rings. The molecule has 15 heavy (non-hydrogen) atoms. The molecule has 0 saturated heterocycles. The lowest BCUT2D eigenvalue weighted by Gasteiger charge is -1.94. The van der Waals surface area contributed by atoms with E-state index in [9.17, 15) is 0 Å². The van der Waals surface area contributed by atoms with Crippen molar-refractivity contribution in [2.45, 2.75) is 0 Å². The van der Waals surface area contributed by atoms with Crippen molar-refractivity contribution in [1.82, 2.24) is 10.5 Å². The fourth-order valence-corrected chi connectivity index (χ4v) is 1.66. The third-order valence-corrected chi connectivity index (χ3v) is 2.35. The highest BCUT2D eigenvalue weighted by Crippen LogP contribution is 2.17. The van der Waals surface area contributed by atoms with Gasteiger partial charge in [0.05, 0.1) is 5.70 Å². The summed E-state index contributed by atoms with van der Waals surface area (Å²) in [6, 6.07) is 10.3. The van der Waals surface area contributed by atoms with Crippen molar-refractivity contribution in [3.05, 3.63) is 54.1 Å². The molecule has 2 aromatic rings. The molecule has 1 aromatic heterocycles. The molecule has 74 valence electrons. The van der Waals surface area contributed by atoms with E-state index < -0.39 is 0 Å². The molecule has 0 unspecified atom stereocenters. The van der Waals surface area contributed by atoms with E-state index in [0.717, 1.165) is 16.9 Å². The van der Waals surface area contributed by atoms with E-state index in [4.69, 9.17) is 4.84 Å². The molecule has 2 N–H and O–H groups in total. The van der Waals surface area contributed by atoms with Crippen molar-refractivity contribution in [3.8, 4) is 0 Å². The highest BCUT2D eigenvalue weighted by Gasteiger charge is 2.01. The number of allylic oxidation sites excluding steroid dienone is 1. The maximum absolute atomic E-state index is 4.89. The van der Waals surface area contributed by atoms with E-state index in [-0.39, 0.29) is 0 Å². The Morgan fingerprint density at radius 3 is 2.93 bits per heavy atom. The Hall–Kier alpha value is -2.16. The van der Waals surface area contributed by atoms with E-state index in [0.29, 0.717) is 0 Å². The Bertz CT molecular complexity index is 519. The van der Waals surface area contributed by atoms with Gasteiger partial charge < -0.3 is 9.82 Å². The van der Waals surface area contributed by atoms with Gasteiger partial charge in [-0.3, -0.25) is 0 Å². The van der Waals surface area contributed by atoms with Gasteiger partial charge in [-0.1, -0.05) is 18.2 Å². The van der Waals surface area contributed by atoms with Gasteiger partial charge in [-0.25, -0.2) is 5.48 Å². The van der Waals surface area contributed by atoms with E-state index in [2.05, 4.69) is 28.7 Å². The monoisotopic (exact) mass is 198 g/mol. The molecule has 2 heterocycles. The van der Waals surface area contributed by atoms with E-state index in [1.807, 2.05) is 24.3 Å². The minimum absolute atomic E-state index is 0.946. The second-order valence-corrected chi connectivity index (χ2v) is 3.43. The van der Waals surface area contributed by atoms with Gasteiger partial charge in [-0.2, -0.15) is 0 Å². The standard InChI is InChI=1S/C12H10N2O/c1-2-4-12-9(3-1)7-11(13-12)8-10-5-6-15-14-10/h1-8,13-14H. The van der Waals surface area contributed by atoms with Crippen LogP contribution in [0.3, 0.4) is 0 Å². The SMILES string of the molecule is C1=CC(=Cc2cc3ccccc3[nH]2)NO1. The Balaban J connectivity index is 2.05. The lowest BCUT2D eigenvalue weighted by atomic mass is 10.2. The van der Waals surface area contributed by atoms with Crippen LogP contribution in [-0.2, 0) is 4.84 Å². The molecule has 0 spiro atoms. The summed E-state index contributed by atoms with van der Waals surface area (Å²) >= 11 is 0. The first-order valence-electron chi connectivity index (χ1n) is 4.79. The van der Waals surface area contributed by atoms with Crippen molar-refractivity contribution in [2.24, 2.45) is 0 Å². The molecule has 0 bridgehead atoms. The molecule has 0 amide bonds. The lowest BCUT2D eigenvalue weighted by Crippen LogP contribution is -2.01. The van der Waals surface area contributed by atoms with Crippen molar-refractivity contribution < 1.29 is 4.84 Å². The second-order valence-electron chi connectivity index (χ2n) is 3.43. The average Bonchev–Trinajstić information content (AvgIpc) is 2.86. The van der Waals surface area contributed by atoms with Crippen LogP contribution in [0.2, 0.25) is 0 Å². The Kier molecular flexibility index (Phi) is 1.75. The largest absolute Gasteiger partial charge is 0.390 e. The maximum atomic E-state index is 4.89. The first-order valence-corrected chi connectivity index (χ1v) is 4.79. The van der Waals surface area contributed by atoms with Gasteiger partial charge in [0.1, 0.15) is 6.26 Å². The van der Waals surface area contributed by atoms with Crippen molar-refractivity contribution in [1.29, 1.82) is 0 Å². The van der Waals surface area contributed by atoms with Gasteiger partial charge in [-0.15, -0.1) is 0 Å². The summed E-state index contributed by atoms with van der Waals surface area (Å²) in [6.45, 7) is 0. The van der Waals surface area contributed by atoms with Crippen molar-refractivity contribution >= 4 is 17.0 Å². The number of benzene rings is 1. The molecule has 1 aromatic carbocycles. The lowest BCUT2D eigenvalue weighted by molar-refractivity contribution is 0.187. The second kappa shape index (κ2) is 3.20. The molecule has 0 radical (unpaired) electrons. The predicted molar refractivity (Wildman–Crippen MR) is 59.6 cm³/mol. The summed E-state index contributed by atoms with van der Waals surface area (Å²) in [5.41, 5.74) is 5.93. The van der Waals surface area contributed by atoms with Crippen LogP contribution < -0.4 is 5.48 Å². The zero-order valence-electron chi connectivity index (χ0n) is 8.03. The molecular weight excluding hydrogens is 188 g/mol. The number of hydrogen-bond acceptors (Lipinski definition) is 2. The summed E-state index contributed by atoms with van der Waals surface area (Å²) in [5.74, 6) is 0. The Morgan fingerprint density at radius 1 is 1.20 bits per heavy atom. The van der Waals surface area contributed by atoms with Gasteiger partial charge >= 0.3 is 0 Å². The zero-order valence-corrected chi connectivity index (χ0v) is 8.03. The Morgan fingerprint density at radius 2 is 2.13 bits per heavy atom. The summed E-state index contributed by atoms with van der Waals surface area (Å²) in [5, 5.41) is 1.22. The van der Waals surface area contributed by atoms with Gasteiger partial charge in [0.15, 0.2) is 0 Å². The number of hydrogen-bond donors (Lipinski definition) is 2. The number of aromatic amines is 1. The summed E-state index contributed by atoms with van der Waals surface area (Å²) in [4.78, 5) is 8.21. The summed E-state index contributed by atoms with van der Waals surface area (Å²) in [6.07, 6.45) is 5.50. The minimum atomic E-state index is 0.946. The Labute approximate surface area is 87.0 Å². The summed E-state index contributed by atoms with van der Waals surface area (Å²) < 4.78 is 0. The van der Waals surface area contributed by atoms with Crippen molar-refractivity contribution in [2.75, 3.05) is 0 Å². The predicted octanol–water partition coefficient (Wildman–Crippen LogP) is 2.56. The topological polar surface area (TPSA) is 37.0 Å². The third kappa shape index (κ3) is 1.48. The van der Waals surface area contributed by atoms with E-state index in [1.165, 1.54) is 5.39 Å². The maximum Gasteiger partial charge on any atom is 0.121 e. The first-order chi connectivity index (χ1) is 7.42. The quantitative estimate of drug-likeness (QED) is 0.738. The van der Waals surface area contributed by atoms with Crippen LogP contribution in [0.25, 0.3) is 17.0 Å². The van der Waals surface area contributed by atoms with Crippen LogP contribution in [0.15, 0.2) is 48.4 Å². The molecule has 0 saturated carbocycles. The number of rotatable bonds is 1. The molecule has 1 aliphatic heterocycles. The summed E-state index contributed by atoms with van der Waals surface area (Å²) in [7, 11) is 0. The number of fused-ring (bicyclic) bond motifs is 1. The fourth-order valence-electron chi connectivity index (χ4n) is 1.66. The van der Waals surface area contributed by atoms with Crippen LogP contribution >= 0.6 is 0 Å². The number of aromatic nitrogens is 1. The average molecular weight is 198 g/mol. The van der Waals surface area contributed by atoms with Crippen LogP contribution in [0.1, 0.15) is 5.69 Å². The smallest absolute Gasteiger partial charge is 0.121 e. The van der Waals surface area contributed by atoms with Crippen LogP contribution in [0.5, 0.6) is 0 Å². The zero-order chi connectivity index (χ0) is 10.1. The highest BCUT2D eigenvalue weighted by molar-refractivity contribution is 5.82. The molecule has 3 rings (SSSR count). The molecule has 3 nitrogen and oxygen atoms in total. The van der Waals surface area contributed by atoms with E-state index in [1.54, 1.807) is 6.26 Å². The minimum Gasteiger partial charge on any atom is -0.390 e. The first kappa shape index (κ1) is 8.17. The third-order valence-electron chi connectivity index (χ3n) is 2.35. The van der Waals surface area contributed by atoms with E-state index >= 15 is 0 Å². The van der Waals surface area contributed by atoms with Crippen LogP contribution in [0, 0.1) is 0 Å². The number of para-hydroxylation sites is 1. The number of H-pyrrole nitrogens is 1. The number of nitrogens with one attached hydrogen (secondary N) is 2. The van der Waals surface area contributed by atoms with Gasteiger partial charge in [0, 0.05) is 17.3 Å². The molecular formula is C12H10N2O. The molecule has 0 aliphatic carbocycles. The molecule has 0 atom stereocenters. The van der Waals surface area contributed by atoms with Gasteiger partial charge in [0.2, 0.25) is 0 Å². The van der Waals surface area contributed by atoms with Crippen LogP contribution in [0.4, 0.5) is 0 Å². The molecule has 3 heteroatoms.